The Morgan fingerprint density at radius 2 is 2.05 bits per heavy atom. The molecule has 0 aromatic heterocycles. The molecule has 2 rings (SSSR count). The summed E-state index contributed by atoms with van der Waals surface area (Å²) < 4.78 is 5.64. The minimum Gasteiger partial charge on any atom is -0.380 e. The highest BCUT2D eigenvalue weighted by Gasteiger charge is 2.32. The van der Waals surface area contributed by atoms with Gasteiger partial charge in [0.1, 0.15) is 5.54 Å². The summed E-state index contributed by atoms with van der Waals surface area (Å²) in [5, 5.41) is 12.7. The largest absolute Gasteiger partial charge is 0.380 e. The lowest BCUT2D eigenvalue weighted by Crippen LogP contribution is -2.44. The summed E-state index contributed by atoms with van der Waals surface area (Å²) in [6.07, 6.45) is 6.02. The van der Waals surface area contributed by atoms with E-state index in [4.69, 9.17) is 4.74 Å². The average molecular weight is 265 g/mol. The van der Waals surface area contributed by atoms with E-state index in [1.165, 1.54) is 25.7 Å². The third-order valence-corrected chi connectivity index (χ3v) is 4.01. The molecule has 2 aliphatic carbocycles. The first-order valence-corrected chi connectivity index (χ1v) is 7.56. The minimum atomic E-state index is -0.371. The Morgan fingerprint density at radius 3 is 2.63 bits per heavy atom. The van der Waals surface area contributed by atoms with E-state index in [-0.39, 0.29) is 5.54 Å². The van der Waals surface area contributed by atoms with Crippen LogP contribution in [-0.4, -0.2) is 49.8 Å². The molecule has 108 valence electrons. The van der Waals surface area contributed by atoms with E-state index >= 15 is 0 Å². The fourth-order valence-electron chi connectivity index (χ4n) is 2.12. The summed E-state index contributed by atoms with van der Waals surface area (Å²) in [5.74, 6) is 0.843. The fourth-order valence-corrected chi connectivity index (χ4v) is 2.12. The van der Waals surface area contributed by atoms with Gasteiger partial charge in [0.25, 0.3) is 0 Å². The van der Waals surface area contributed by atoms with Crippen LogP contribution in [0.1, 0.15) is 39.0 Å². The van der Waals surface area contributed by atoms with Gasteiger partial charge in [-0.1, -0.05) is 0 Å². The van der Waals surface area contributed by atoms with Gasteiger partial charge in [0, 0.05) is 25.7 Å². The van der Waals surface area contributed by atoms with Crippen molar-refractivity contribution in [2.24, 2.45) is 5.92 Å². The maximum atomic E-state index is 9.30. The molecule has 0 aromatic rings. The van der Waals surface area contributed by atoms with Gasteiger partial charge in [-0.05, 0) is 52.0 Å². The zero-order chi connectivity index (χ0) is 13.7. The average Bonchev–Trinajstić information content (AvgIpc) is 3.27. The highest BCUT2D eigenvalue weighted by Crippen LogP contribution is 2.28. The number of hydrogen-bond acceptors (Lipinski definition) is 4. The van der Waals surface area contributed by atoms with Crippen LogP contribution in [-0.2, 0) is 4.74 Å². The van der Waals surface area contributed by atoms with Crippen LogP contribution >= 0.6 is 0 Å². The third-order valence-electron chi connectivity index (χ3n) is 4.01. The van der Waals surface area contributed by atoms with Crippen molar-refractivity contribution >= 4 is 0 Å². The monoisotopic (exact) mass is 265 g/mol. The van der Waals surface area contributed by atoms with Crippen LogP contribution in [0.15, 0.2) is 0 Å². The van der Waals surface area contributed by atoms with E-state index in [1.807, 2.05) is 6.92 Å². The maximum absolute atomic E-state index is 9.30. The number of nitrogens with one attached hydrogen (secondary N) is 1. The summed E-state index contributed by atoms with van der Waals surface area (Å²) in [4.78, 5) is 2.26. The van der Waals surface area contributed by atoms with Crippen LogP contribution in [0.2, 0.25) is 0 Å². The van der Waals surface area contributed by atoms with Crippen molar-refractivity contribution in [3.05, 3.63) is 0 Å². The molecule has 0 radical (unpaired) electrons. The van der Waals surface area contributed by atoms with Crippen molar-refractivity contribution in [2.75, 3.05) is 33.4 Å². The number of rotatable bonds is 10. The Hall–Kier alpha value is -0.630. The second kappa shape index (κ2) is 6.69. The van der Waals surface area contributed by atoms with E-state index in [2.05, 4.69) is 23.3 Å². The Morgan fingerprint density at radius 1 is 1.32 bits per heavy atom. The van der Waals surface area contributed by atoms with Crippen LogP contribution in [0, 0.1) is 17.2 Å². The highest BCUT2D eigenvalue weighted by molar-refractivity contribution is 5.07. The predicted octanol–water partition coefficient (Wildman–Crippen LogP) is 1.77. The predicted molar refractivity (Wildman–Crippen MR) is 75.8 cm³/mol. The third kappa shape index (κ3) is 5.90. The standard InChI is InChI=1S/C15H27N3O/c1-15(12-16,17-14-5-6-14)7-8-18(2)9-10-19-11-13-3-4-13/h13-14,17H,3-11H2,1-2H3. The lowest BCUT2D eigenvalue weighted by molar-refractivity contribution is 0.102. The molecule has 2 fully saturated rings. The lowest BCUT2D eigenvalue weighted by Gasteiger charge is -2.26. The molecule has 0 bridgehead atoms. The summed E-state index contributed by atoms with van der Waals surface area (Å²) in [7, 11) is 2.11. The van der Waals surface area contributed by atoms with E-state index < -0.39 is 0 Å². The SMILES string of the molecule is CN(CCOCC1CC1)CCC(C)(C#N)NC1CC1. The summed E-state index contributed by atoms with van der Waals surface area (Å²) in [5.41, 5.74) is -0.371. The van der Waals surface area contributed by atoms with E-state index in [9.17, 15) is 5.26 Å². The van der Waals surface area contributed by atoms with Crippen LogP contribution in [0.25, 0.3) is 0 Å². The lowest BCUT2D eigenvalue weighted by atomic mass is 9.99. The molecule has 0 heterocycles. The van der Waals surface area contributed by atoms with Crippen LogP contribution < -0.4 is 5.32 Å². The normalized spacial score (nSPS) is 22.2. The van der Waals surface area contributed by atoms with Gasteiger partial charge >= 0.3 is 0 Å². The highest BCUT2D eigenvalue weighted by atomic mass is 16.5. The summed E-state index contributed by atoms with van der Waals surface area (Å²) in [6.45, 7) is 5.66. The van der Waals surface area contributed by atoms with Crippen LogP contribution in [0.5, 0.6) is 0 Å². The van der Waals surface area contributed by atoms with E-state index in [1.54, 1.807) is 0 Å². The van der Waals surface area contributed by atoms with Gasteiger partial charge < -0.3 is 9.64 Å². The molecule has 1 unspecified atom stereocenters. The molecule has 0 saturated heterocycles. The van der Waals surface area contributed by atoms with Crippen molar-refractivity contribution in [3.63, 3.8) is 0 Å². The van der Waals surface area contributed by atoms with Gasteiger partial charge in [0.05, 0.1) is 12.7 Å². The second-order valence-corrected chi connectivity index (χ2v) is 6.43. The number of nitriles is 1. The Labute approximate surface area is 117 Å². The fraction of sp³-hybridized carbons (Fsp3) is 0.933. The Kier molecular flexibility index (Phi) is 5.20. The van der Waals surface area contributed by atoms with Crippen molar-refractivity contribution in [1.29, 1.82) is 5.26 Å². The first kappa shape index (κ1) is 14.8. The van der Waals surface area contributed by atoms with Gasteiger partial charge in [0.15, 0.2) is 0 Å². The Balaban J connectivity index is 1.55. The van der Waals surface area contributed by atoms with Gasteiger partial charge in [-0.25, -0.2) is 0 Å². The van der Waals surface area contributed by atoms with Crippen LogP contribution in [0.3, 0.4) is 0 Å². The van der Waals surface area contributed by atoms with Crippen molar-refractivity contribution < 1.29 is 4.74 Å². The second-order valence-electron chi connectivity index (χ2n) is 6.43. The smallest absolute Gasteiger partial charge is 0.105 e. The van der Waals surface area contributed by atoms with E-state index in [0.29, 0.717) is 6.04 Å². The summed E-state index contributed by atoms with van der Waals surface area (Å²) >= 11 is 0. The zero-order valence-electron chi connectivity index (χ0n) is 12.3. The molecule has 0 spiro atoms. The Bertz CT molecular complexity index is 320. The quantitative estimate of drug-likeness (QED) is 0.612. The molecule has 19 heavy (non-hydrogen) atoms. The van der Waals surface area contributed by atoms with Gasteiger partial charge in [-0.2, -0.15) is 5.26 Å². The topological polar surface area (TPSA) is 48.3 Å². The first-order valence-electron chi connectivity index (χ1n) is 7.56. The molecule has 4 heteroatoms. The molecule has 2 saturated carbocycles. The van der Waals surface area contributed by atoms with Crippen LogP contribution in [0.4, 0.5) is 0 Å². The molecule has 1 N–H and O–H groups in total. The number of hydrogen-bond donors (Lipinski definition) is 1. The number of nitrogens with zero attached hydrogens (tertiary/aromatic N) is 2. The number of ether oxygens (including phenoxy) is 1. The molecular weight excluding hydrogens is 238 g/mol. The molecule has 0 aromatic carbocycles. The maximum Gasteiger partial charge on any atom is 0.105 e. The molecule has 4 nitrogen and oxygen atoms in total. The van der Waals surface area contributed by atoms with Crippen molar-refractivity contribution in [2.45, 2.75) is 50.6 Å². The van der Waals surface area contributed by atoms with E-state index in [0.717, 1.165) is 38.6 Å². The van der Waals surface area contributed by atoms with Crippen molar-refractivity contribution in [3.8, 4) is 6.07 Å². The molecule has 0 amide bonds. The minimum absolute atomic E-state index is 0.371. The van der Waals surface area contributed by atoms with Crippen molar-refractivity contribution in [1.82, 2.24) is 10.2 Å². The number of likely N-dealkylation sites (N-methyl/N-ethyl adjacent to an activating group) is 1. The molecule has 2 aliphatic rings. The first-order chi connectivity index (χ1) is 9.11. The van der Waals surface area contributed by atoms with Gasteiger partial charge in [0.2, 0.25) is 0 Å². The molecule has 0 aliphatic heterocycles. The zero-order valence-corrected chi connectivity index (χ0v) is 12.3. The summed E-state index contributed by atoms with van der Waals surface area (Å²) in [6, 6.07) is 3.01. The van der Waals surface area contributed by atoms with Gasteiger partial charge in [-0.3, -0.25) is 5.32 Å². The molecule has 1 atom stereocenters. The molecular formula is C15H27N3O. The van der Waals surface area contributed by atoms with Gasteiger partial charge in [-0.15, -0.1) is 0 Å².